The molecule has 0 aliphatic carbocycles. The van der Waals surface area contributed by atoms with E-state index >= 15 is 0 Å². The highest BCUT2D eigenvalue weighted by Gasteiger charge is 2.43. The molecular formula is C21H22N4O3S. The first-order chi connectivity index (χ1) is 14.1. The van der Waals surface area contributed by atoms with Gasteiger partial charge in [-0.25, -0.2) is 0 Å². The Kier molecular flexibility index (Phi) is 4.67. The van der Waals surface area contributed by atoms with Crippen LogP contribution in [0, 0.1) is 6.92 Å². The fourth-order valence-corrected chi connectivity index (χ4v) is 5.60. The van der Waals surface area contributed by atoms with Crippen LogP contribution in [0.4, 0.5) is 0 Å². The summed E-state index contributed by atoms with van der Waals surface area (Å²) in [6.45, 7) is 3.94. The molecule has 1 spiro atoms. The van der Waals surface area contributed by atoms with Crippen LogP contribution in [0.1, 0.15) is 34.7 Å². The monoisotopic (exact) mass is 410 g/mol. The minimum atomic E-state index is -0.293. The van der Waals surface area contributed by atoms with Crippen molar-refractivity contribution in [1.29, 1.82) is 0 Å². The summed E-state index contributed by atoms with van der Waals surface area (Å²) in [5, 5.41) is 3.86. The van der Waals surface area contributed by atoms with Crippen LogP contribution in [0.2, 0.25) is 0 Å². The van der Waals surface area contributed by atoms with Gasteiger partial charge in [-0.05, 0) is 37.8 Å². The number of carbonyl (C=O) groups is 1. The normalized spacial score (nSPS) is 18.0. The Labute approximate surface area is 172 Å². The van der Waals surface area contributed by atoms with Crippen LogP contribution in [-0.2, 0) is 28.0 Å². The van der Waals surface area contributed by atoms with Gasteiger partial charge in [0.1, 0.15) is 11.4 Å². The first-order valence-electron chi connectivity index (χ1n) is 9.86. The van der Waals surface area contributed by atoms with Crippen molar-refractivity contribution in [1.82, 2.24) is 20.0 Å². The number of rotatable bonds is 3. The number of hydrogen-bond acceptors (Lipinski definition) is 7. The predicted octanol–water partition coefficient (Wildman–Crippen LogP) is 3.13. The minimum absolute atomic E-state index is 0.0819. The smallest absolute Gasteiger partial charge is 0.230 e. The van der Waals surface area contributed by atoms with Gasteiger partial charge < -0.3 is 14.2 Å². The Bertz CT molecular complexity index is 1020. The molecule has 8 heteroatoms. The number of aryl methyl sites for hydroxylation is 1. The van der Waals surface area contributed by atoms with E-state index in [9.17, 15) is 4.79 Å². The third-order valence-corrected chi connectivity index (χ3v) is 7.10. The van der Waals surface area contributed by atoms with Gasteiger partial charge in [0.25, 0.3) is 0 Å². The summed E-state index contributed by atoms with van der Waals surface area (Å²) in [6.07, 6.45) is 8.01. The fraction of sp³-hybridized carbons (Fsp3) is 0.429. The molecule has 1 saturated heterocycles. The number of piperidine rings is 1. The number of likely N-dealkylation sites (tertiary alicyclic amines) is 1. The van der Waals surface area contributed by atoms with Gasteiger partial charge in [-0.1, -0.05) is 5.16 Å². The summed E-state index contributed by atoms with van der Waals surface area (Å²) >= 11 is 1.75. The lowest BCUT2D eigenvalue weighted by molar-refractivity contribution is -0.139. The SMILES string of the molecule is Cc1cc(CC(=O)N2CCC3(CC2)OCCc2cc(-c4cnccn4)sc23)on1. The zero-order valence-corrected chi connectivity index (χ0v) is 17.1. The number of hydrogen-bond donors (Lipinski definition) is 0. The van der Waals surface area contributed by atoms with E-state index < -0.39 is 0 Å². The van der Waals surface area contributed by atoms with E-state index in [2.05, 4.69) is 21.2 Å². The standard InChI is InChI=1S/C21H22N4O3S/c1-14-10-16(28-24-14)12-19(26)25-7-3-21(4-8-25)20-15(2-9-27-21)11-18(29-20)17-13-22-5-6-23-17/h5-6,10-11,13H,2-4,7-9,12H2,1H3. The molecular weight excluding hydrogens is 388 g/mol. The molecule has 2 aliphatic heterocycles. The lowest BCUT2D eigenvalue weighted by atomic mass is 9.85. The summed E-state index contributed by atoms with van der Waals surface area (Å²) < 4.78 is 11.5. The van der Waals surface area contributed by atoms with Gasteiger partial charge in [0, 0.05) is 36.4 Å². The lowest BCUT2D eigenvalue weighted by Crippen LogP contribution is -2.48. The maximum atomic E-state index is 12.7. The van der Waals surface area contributed by atoms with Crippen molar-refractivity contribution >= 4 is 17.2 Å². The molecule has 0 aromatic carbocycles. The molecule has 7 nitrogen and oxygen atoms in total. The van der Waals surface area contributed by atoms with E-state index in [-0.39, 0.29) is 17.9 Å². The van der Waals surface area contributed by atoms with Gasteiger partial charge in [0.2, 0.25) is 5.91 Å². The van der Waals surface area contributed by atoms with Crippen LogP contribution >= 0.6 is 11.3 Å². The second-order valence-corrected chi connectivity index (χ2v) is 8.69. The average Bonchev–Trinajstić information content (AvgIpc) is 3.36. The highest BCUT2D eigenvalue weighted by atomic mass is 32.1. The highest BCUT2D eigenvalue weighted by Crippen LogP contribution is 2.47. The summed E-state index contributed by atoms with van der Waals surface area (Å²) in [5.41, 5.74) is 2.75. The van der Waals surface area contributed by atoms with Crippen LogP contribution in [0.25, 0.3) is 10.6 Å². The summed E-state index contributed by atoms with van der Waals surface area (Å²) in [6, 6.07) is 4.05. The van der Waals surface area contributed by atoms with Gasteiger partial charge in [-0.3, -0.25) is 14.8 Å². The molecule has 1 amide bonds. The Morgan fingerprint density at radius 3 is 2.86 bits per heavy atom. The van der Waals surface area contributed by atoms with E-state index in [1.807, 2.05) is 17.9 Å². The predicted molar refractivity (Wildman–Crippen MR) is 107 cm³/mol. The molecule has 0 N–H and O–H groups in total. The molecule has 150 valence electrons. The number of thiophene rings is 1. The van der Waals surface area contributed by atoms with Gasteiger partial charge in [-0.2, -0.15) is 0 Å². The topological polar surface area (TPSA) is 81.4 Å². The molecule has 2 aliphatic rings. The maximum absolute atomic E-state index is 12.7. The van der Waals surface area contributed by atoms with Crippen molar-refractivity contribution in [2.24, 2.45) is 0 Å². The number of carbonyl (C=O) groups excluding carboxylic acids is 1. The van der Waals surface area contributed by atoms with Crippen molar-refractivity contribution in [2.45, 2.75) is 38.2 Å². The van der Waals surface area contributed by atoms with E-state index in [1.54, 1.807) is 29.9 Å². The number of fused-ring (bicyclic) bond motifs is 2. The van der Waals surface area contributed by atoms with Crippen LogP contribution in [0.15, 0.2) is 35.2 Å². The van der Waals surface area contributed by atoms with Crippen molar-refractivity contribution < 1.29 is 14.1 Å². The van der Waals surface area contributed by atoms with Crippen LogP contribution in [0.5, 0.6) is 0 Å². The first kappa shape index (κ1) is 18.4. The third kappa shape index (κ3) is 3.47. The molecule has 29 heavy (non-hydrogen) atoms. The van der Waals surface area contributed by atoms with E-state index in [4.69, 9.17) is 9.26 Å². The van der Waals surface area contributed by atoms with Crippen LogP contribution in [-0.4, -0.2) is 45.6 Å². The van der Waals surface area contributed by atoms with Crippen LogP contribution in [0.3, 0.4) is 0 Å². The fourth-order valence-electron chi connectivity index (χ4n) is 4.22. The molecule has 5 heterocycles. The van der Waals surface area contributed by atoms with E-state index in [0.29, 0.717) is 18.8 Å². The molecule has 0 unspecified atom stereocenters. The quantitative estimate of drug-likeness (QED) is 0.660. The van der Waals surface area contributed by atoms with Crippen molar-refractivity contribution in [2.75, 3.05) is 19.7 Å². The van der Waals surface area contributed by atoms with E-state index in [0.717, 1.165) is 42.1 Å². The largest absolute Gasteiger partial charge is 0.369 e. The number of nitrogens with zero attached hydrogens (tertiary/aromatic N) is 4. The minimum Gasteiger partial charge on any atom is -0.369 e. The van der Waals surface area contributed by atoms with Gasteiger partial charge in [-0.15, -0.1) is 11.3 Å². The molecule has 3 aromatic heterocycles. The Hall–Kier alpha value is -2.58. The van der Waals surface area contributed by atoms with Crippen molar-refractivity contribution in [3.8, 4) is 10.6 Å². The lowest BCUT2D eigenvalue weighted by Gasteiger charge is -2.43. The molecule has 1 fully saturated rings. The second-order valence-electron chi connectivity index (χ2n) is 7.64. The molecule has 5 rings (SSSR count). The molecule has 0 radical (unpaired) electrons. The summed E-state index contributed by atoms with van der Waals surface area (Å²) in [4.78, 5) is 25.6. The molecule has 0 atom stereocenters. The molecule has 3 aromatic rings. The number of aromatic nitrogens is 3. The summed E-state index contributed by atoms with van der Waals surface area (Å²) in [5.74, 6) is 0.703. The summed E-state index contributed by atoms with van der Waals surface area (Å²) in [7, 11) is 0. The van der Waals surface area contributed by atoms with Gasteiger partial charge in [0.05, 0.1) is 35.5 Å². The van der Waals surface area contributed by atoms with E-state index in [1.165, 1.54) is 10.4 Å². The first-order valence-corrected chi connectivity index (χ1v) is 10.7. The Balaban J connectivity index is 1.32. The maximum Gasteiger partial charge on any atom is 0.230 e. The zero-order chi connectivity index (χ0) is 19.8. The van der Waals surface area contributed by atoms with Crippen molar-refractivity contribution in [3.63, 3.8) is 0 Å². The zero-order valence-electron chi connectivity index (χ0n) is 16.3. The van der Waals surface area contributed by atoms with Crippen LogP contribution < -0.4 is 0 Å². The van der Waals surface area contributed by atoms with Gasteiger partial charge in [0.15, 0.2) is 0 Å². The highest BCUT2D eigenvalue weighted by molar-refractivity contribution is 7.15. The average molecular weight is 410 g/mol. The number of amides is 1. The van der Waals surface area contributed by atoms with Crippen molar-refractivity contribution in [3.05, 3.63) is 52.6 Å². The number of ether oxygens (including phenoxy) is 1. The molecule has 0 bridgehead atoms. The third-order valence-electron chi connectivity index (χ3n) is 5.71. The van der Waals surface area contributed by atoms with Gasteiger partial charge >= 0.3 is 0 Å². The molecule has 0 saturated carbocycles. The Morgan fingerprint density at radius 1 is 1.28 bits per heavy atom. The Morgan fingerprint density at radius 2 is 2.14 bits per heavy atom. The second kappa shape index (κ2) is 7.35.